The number of fused-ring (bicyclic) bond motifs is 4. The van der Waals surface area contributed by atoms with E-state index in [9.17, 15) is 0 Å². The van der Waals surface area contributed by atoms with E-state index >= 15 is 0 Å². The van der Waals surface area contributed by atoms with E-state index in [1.54, 1.807) is 0 Å². The number of rotatable bonds is 5. The molecule has 0 bridgehead atoms. The van der Waals surface area contributed by atoms with Crippen molar-refractivity contribution >= 4 is 43.9 Å². The van der Waals surface area contributed by atoms with Crippen LogP contribution < -0.4 is 0 Å². The molecule has 0 saturated heterocycles. The first-order valence-electron chi connectivity index (χ1n) is 17.8. The Balaban J connectivity index is 1.28. The molecule has 0 N–H and O–H groups in total. The summed E-state index contributed by atoms with van der Waals surface area (Å²) in [5.74, 6) is 1.85. The number of furan rings is 1. The Morgan fingerprint density at radius 3 is 2.06 bits per heavy atom. The van der Waals surface area contributed by atoms with Crippen LogP contribution in [0.25, 0.3) is 78.0 Å². The predicted octanol–water partition coefficient (Wildman–Crippen LogP) is 12.7. The highest BCUT2D eigenvalue weighted by Gasteiger charge is 2.20. The number of nitrogens with zero attached hydrogens (tertiary/aromatic N) is 3. The van der Waals surface area contributed by atoms with E-state index < -0.39 is 0 Å². The van der Waals surface area contributed by atoms with Gasteiger partial charge in [-0.05, 0) is 82.1 Å². The van der Waals surface area contributed by atoms with Crippen LogP contribution in [0.1, 0.15) is 30.4 Å². The SMILES string of the molecule is C=C1/C=C\CCC/C(c2cc(-c3nc(-c4ccccc4)nc(-c4ccc5ccccc5c4)n3)c3c(c2)oc2ccccc23)=C\C=C1c1ccccc1. The maximum atomic E-state index is 6.59. The Morgan fingerprint density at radius 1 is 0.538 bits per heavy atom. The molecule has 4 heteroatoms. The second kappa shape index (κ2) is 13.6. The van der Waals surface area contributed by atoms with Crippen LogP contribution in [0.4, 0.5) is 0 Å². The van der Waals surface area contributed by atoms with Crippen LogP contribution in [0, 0.1) is 0 Å². The molecule has 2 aromatic heterocycles. The van der Waals surface area contributed by atoms with E-state index in [1.807, 2.05) is 48.5 Å². The van der Waals surface area contributed by atoms with Crippen molar-refractivity contribution in [3.05, 3.63) is 187 Å². The zero-order valence-electron chi connectivity index (χ0n) is 28.7. The first kappa shape index (κ1) is 31.3. The standard InChI is InChI=1S/C48H35N3O/c1-32-15-5-2-6-16-34(27-28-40(32)35-18-7-3-8-19-35)39-30-42(45-41-23-13-14-24-43(41)52-44(45)31-39)48-50-46(36-20-9-4-10-21-36)49-47(51-48)38-26-25-33-17-11-12-22-37(33)29-38/h3-5,7-15,17-31H,1-2,6,16H2/b15-5-,34-27+,40-28?. The van der Waals surface area contributed by atoms with Gasteiger partial charge < -0.3 is 4.42 Å². The van der Waals surface area contributed by atoms with Gasteiger partial charge in [0.1, 0.15) is 11.2 Å². The molecule has 0 fully saturated rings. The van der Waals surface area contributed by atoms with Crippen LogP contribution in [0.15, 0.2) is 180 Å². The van der Waals surface area contributed by atoms with E-state index in [4.69, 9.17) is 19.4 Å². The van der Waals surface area contributed by atoms with Crippen LogP contribution in [-0.2, 0) is 0 Å². The second-order valence-electron chi connectivity index (χ2n) is 13.2. The molecule has 0 spiro atoms. The molecule has 248 valence electrons. The third-order valence-electron chi connectivity index (χ3n) is 9.78. The lowest BCUT2D eigenvalue weighted by atomic mass is 9.92. The molecule has 8 aromatic rings. The first-order chi connectivity index (χ1) is 25.7. The lowest BCUT2D eigenvalue weighted by Crippen LogP contribution is -2.01. The number of para-hydroxylation sites is 1. The van der Waals surface area contributed by atoms with Crippen LogP contribution >= 0.6 is 0 Å². The van der Waals surface area contributed by atoms with Crippen molar-refractivity contribution in [1.82, 2.24) is 15.0 Å². The second-order valence-corrected chi connectivity index (χ2v) is 13.2. The predicted molar refractivity (Wildman–Crippen MR) is 215 cm³/mol. The molecule has 4 nitrogen and oxygen atoms in total. The summed E-state index contributed by atoms with van der Waals surface area (Å²) < 4.78 is 6.59. The van der Waals surface area contributed by atoms with Gasteiger partial charge in [0, 0.05) is 27.5 Å². The normalized spacial score (nSPS) is 15.3. The smallest absolute Gasteiger partial charge is 0.164 e. The number of hydrogen-bond donors (Lipinski definition) is 0. The average molecular weight is 670 g/mol. The molecule has 0 aliphatic heterocycles. The summed E-state index contributed by atoms with van der Waals surface area (Å²) in [4.78, 5) is 15.5. The van der Waals surface area contributed by atoms with Crippen molar-refractivity contribution in [2.24, 2.45) is 0 Å². The Hall–Kier alpha value is -6.65. The summed E-state index contributed by atoms with van der Waals surface area (Å²) in [5, 5.41) is 4.33. The van der Waals surface area contributed by atoms with E-state index in [2.05, 4.69) is 122 Å². The van der Waals surface area contributed by atoms with Gasteiger partial charge in [-0.2, -0.15) is 0 Å². The summed E-state index contributed by atoms with van der Waals surface area (Å²) in [6.45, 7) is 4.42. The maximum Gasteiger partial charge on any atom is 0.164 e. The van der Waals surface area contributed by atoms with Gasteiger partial charge in [-0.1, -0.05) is 146 Å². The maximum absolute atomic E-state index is 6.59. The van der Waals surface area contributed by atoms with Crippen LogP contribution in [0.3, 0.4) is 0 Å². The molecular formula is C48H35N3O. The number of benzene rings is 6. The number of allylic oxidation sites excluding steroid dienone is 7. The van der Waals surface area contributed by atoms with Gasteiger partial charge in [0.25, 0.3) is 0 Å². The Bertz CT molecular complexity index is 2720. The fraction of sp³-hybridized carbons (Fsp3) is 0.0625. The van der Waals surface area contributed by atoms with Crippen molar-refractivity contribution in [2.75, 3.05) is 0 Å². The minimum absolute atomic E-state index is 0.604. The summed E-state index contributed by atoms with van der Waals surface area (Å²) in [6.07, 6.45) is 11.7. The highest BCUT2D eigenvalue weighted by molar-refractivity contribution is 6.12. The van der Waals surface area contributed by atoms with Gasteiger partial charge in [-0.25, -0.2) is 15.0 Å². The van der Waals surface area contributed by atoms with Gasteiger partial charge in [-0.15, -0.1) is 0 Å². The Morgan fingerprint density at radius 2 is 1.23 bits per heavy atom. The largest absolute Gasteiger partial charge is 0.456 e. The minimum Gasteiger partial charge on any atom is -0.456 e. The lowest BCUT2D eigenvalue weighted by molar-refractivity contribution is 0.669. The molecule has 0 atom stereocenters. The van der Waals surface area contributed by atoms with Gasteiger partial charge in [0.2, 0.25) is 0 Å². The molecule has 0 saturated carbocycles. The third kappa shape index (κ3) is 6.05. The van der Waals surface area contributed by atoms with Crippen molar-refractivity contribution in [1.29, 1.82) is 0 Å². The monoisotopic (exact) mass is 669 g/mol. The Labute approximate surface area is 302 Å². The van der Waals surface area contributed by atoms with E-state index in [0.717, 1.165) is 85.6 Å². The van der Waals surface area contributed by atoms with Crippen molar-refractivity contribution in [3.8, 4) is 34.2 Å². The lowest BCUT2D eigenvalue weighted by Gasteiger charge is -2.14. The molecule has 1 aliphatic carbocycles. The highest BCUT2D eigenvalue weighted by Crippen LogP contribution is 2.40. The van der Waals surface area contributed by atoms with Gasteiger partial charge in [-0.3, -0.25) is 0 Å². The summed E-state index contributed by atoms with van der Waals surface area (Å²) >= 11 is 0. The van der Waals surface area contributed by atoms with Gasteiger partial charge >= 0.3 is 0 Å². The molecule has 52 heavy (non-hydrogen) atoms. The average Bonchev–Trinajstić information content (AvgIpc) is 3.59. The van der Waals surface area contributed by atoms with Gasteiger partial charge in [0.05, 0.1) is 0 Å². The van der Waals surface area contributed by atoms with Crippen LogP contribution in [0.2, 0.25) is 0 Å². The highest BCUT2D eigenvalue weighted by atomic mass is 16.3. The number of hydrogen-bond acceptors (Lipinski definition) is 4. The van der Waals surface area contributed by atoms with Gasteiger partial charge in [0.15, 0.2) is 17.5 Å². The van der Waals surface area contributed by atoms with Crippen LogP contribution in [0.5, 0.6) is 0 Å². The Kier molecular flexibility index (Phi) is 8.18. The fourth-order valence-corrected chi connectivity index (χ4v) is 7.13. The molecule has 0 unspecified atom stereocenters. The summed E-state index contributed by atoms with van der Waals surface area (Å²) in [6, 6.07) is 48.0. The zero-order chi connectivity index (χ0) is 34.9. The quantitative estimate of drug-likeness (QED) is 0.183. The van der Waals surface area contributed by atoms with E-state index in [1.165, 1.54) is 11.0 Å². The summed E-state index contributed by atoms with van der Waals surface area (Å²) in [7, 11) is 0. The molecule has 0 radical (unpaired) electrons. The molecule has 9 rings (SSSR count). The molecule has 6 aromatic carbocycles. The van der Waals surface area contributed by atoms with Crippen molar-refractivity contribution < 1.29 is 4.42 Å². The third-order valence-corrected chi connectivity index (χ3v) is 9.78. The topological polar surface area (TPSA) is 51.8 Å². The molecular weight excluding hydrogens is 635 g/mol. The fourth-order valence-electron chi connectivity index (χ4n) is 7.13. The van der Waals surface area contributed by atoms with E-state index in [-0.39, 0.29) is 0 Å². The molecule has 1 aliphatic rings. The van der Waals surface area contributed by atoms with E-state index in [0.29, 0.717) is 17.5 Å². The zero-order valence-corrected chi connectivity index (χ0v) is 28.7. The summed E-state index contributed by atoms with van der Waals surface area (Å²) in [5.41, 5.74) is 9.94. The van der Waals surface area contributed by atoms with Crippen molar-refractivity contribution in [3.63, 3.8) is 0 Å². The minimum atomic E-state index is 0.604. The molecule has 2 heterocycles. The molecule has 0 amide bonds. The number of aromatic nitrogens is 3. The van der Waals surface area contributed by atoms with Crippen LogP contribution in [-0.4, -0.2) is 15.0 Å². The van der Waals surface area contributed by atoms with Crippen molar-refractivity contribution in [2.45, 2.75) is 19.3 Å². The first-order valence-corrected chi connectivity index (χ1v) is 17.8.